The number of benzene rings is 3. The molecular formula is C31H41N3O6S. The summed E-state index contributed by atoms with van der Waals surface area (Å²) >= 11 is 0. The number of rotatable bonds is 13. The van der Waals surface area contributed by atoms with E-state index in [1.54, 1.807) is 43.3 Å². The van der Waals surface area contributed by atoms with E-state index in [0.717, 1.165) is 36.8 Å². The summed E-state index contributed by atoms with van der Waals surface area (Å²) in [5.74, 6) is -0.841. The van der Waals surface area contributed by atoms with Crippen molar-refractivity contribution in [3.63, 3.8) is 0 Å². The smallest absolute Gasteiger partial charge is 0.296 e. The van der Waals surface area contributed by atoms with Crippen LogP contribution in [0, 0.1) is 0 Å². The molecule has 0 aromatic heterocycles. The molecule has 0 atom stereocenters. The zero-order valence-electron chi connectivity index (χ0n) is 25.0. The molecule has 0 radical (unpaired) electrons. The zero-order valence-corrected chi connectivity index (χ0v) is 25.8. The summed E-state index contributed by atoms with van der Waals surface area (Å²) in [6.45, 7) is 15.2. The summed E-state index contributed by atoms with van der Waals surface area (Å²) in [5, 5.41) is 4.02. The number of nitrogens with zero attached hydrogens (tertiary/aromatic N) is 1. The first-order chi connectivity index (χ1) is 19.3. The number of hydrogen-bond donors (Lipinski definition) is 2. The van der Waals surface area contributed by atoms with Crippen molar-refractivity contribution >= 4 is 43.9 Å². The normalized spacial score (nSPS) is 11.9. The third-order valence-corrected chi connectivity index (χ3v) is 7.27. The van der Waals surface area contributed by atoms with Crippen molar-refractivity contribution in [2.24, 2.45) is 0 Å². The van der Waals surface area contributed by atoms with Gasteiger partial charge in [0.2, 0.25) is 10.0 Å². The third-order valence-electron chi connectivity index (χ3n) is 6.68. The minimum absolute atomic E-state index is 0.133. The average Bonchev–Trinajstić information content (AvgIpc) is 2.91. The van der Waals surface area contributed by atoms with Crippen LogP contribution in [0.25, 0.3) is 10.8 Å². The molecular weight excluding hydrogens is 542 g/mol. The largest absolute Gasteiger partial charge is 0.492 e. The second-order valence-electron chi connectivity index (χ2n) is 10.8. The van der Waals surface area contributed by atoms with E-state index < -0.39 is 21.7 Å². The van der Waals surface area contributed by atoms with Gasteiger partial charge in [-0.15, -0.1) is 0 Å². The highest BCUT2D eigenvalue weighted by Gasteiger charge is 2.25. The number of anilines is 2. The van der Waals surface area contributed by atoms with Gasteiger partial charge in [0.15, 0.2) is 5.75 Å². The molecule has 222 valence electrons. The summed E-state index contributed by atoms with van der Waals surface area (Å²) in [5.41, 5.74) is 0.963. The number of likely N-dealkylation sites (N-methyl/N-ethyl adjacent to an activating group) is 1. The number of carbonyl (C=O) groups excluding carboxylic acids is 2. The van der Waals surface area contributed by atoms with Gasteiger partial charge in [-0.1, -0.05) is 58.9 Å². The van der Waals surface area contributed by atoms with E-state index >= 15 is 0 Å². The molecule has 0 bridgehead atoms. The standard InChI is InChI=1S/C31H41N3O6S/c1-8-34(9-2)17-18-40-27-16-15-24(22-13-11-12-14-23(22)27)28(35)30(36)32-25-19-21(31(4,5)6)20-26(29(25)39-10-3)33-41(7,37)38/h11-16,19-20,33H,8-10,17-18H2,1-7H3,(H,32,36). The molecule has 0 aliphatic rings. The summed E-state index contributed by atoms with van der Waals surface area (Å²) in [6.07, 6.45) is 1.04. The average molecular weight is 584 g/mol. The Bertz CT molecular complexity index is 1510. The maximum absolute atomic E-state index is 13.5. The van der Waals surface area contributed by atoms with Gasteiger partial charge >= 0.3 is 0 Å². The van der Waals surface area contributed by atoms with Crippen molar-refractivity contribution in [2.75, 3.05) is 49.1 Å². The Hall–Kier alpha value is -3.63. The molecule has 3 aromatic carbocycles. The van der Waals surface area contributed by atoms with Crippen molar-refractivity contribution in [3.05, 3.63) is 59.7 Å². The van der Waals surface area contributed by atoms with E-state index in [0.29, 0.717) is 17.7 Å². The van der Waals surface area contributed by atoms with Gasteiger partial charge in [0, 0.05) is 17.5 Å². The molecule has 9 nitrogen and oxygen atoms in total. The molecule has 0 fully saturated rings. The highest BCUT2D eigenvalue weighted by Crippen LogP contribution is 2.39. The van der Waals surface area contributed by atoms with Crippen LogP contribution in [0.1, 0.15) is 57.5 Å². The fourth-order valence-corrected chi connectivity index (χ4v) is 5.00. The second kappa shape index (κ2) is 13.4. The molecule has 0 heterocycles. The molecule has 0 spiro atoms. The molecule has 3 aromatic rings. The zero-order chi connectivity index (χ0) is 30.4. The van der Waals surface area contributed by atoms with E-state index in [9.17, 15) is 18.0 Å². The Morgan fingerprint density at radius 3 is 2.12 bits per heavy atom. The SMILES string of the molecule is CCOc1c(NC(=O)C(=O)c2ccc(OCCN(CC)CC)c3ccccc23)cc(C(C)(C)C)cc1NS(C)(=O)=O. The lowest BCUT2D eigenvalue weighted by molar-refractivity contribution is -0.112. The summed E-state index contributed by atoms with van der Waals surface area (Å²) < 4.78 is 38.5. The topological polar surface area (TPSA) is 114 Å². The molecule has 0 saturated heterocycles. The lowest BCUT2D eigenvalue weighted by Crippen LogP contribution is -2.28. The van der Waals surface area contributed by atoms with Crippen LogP contribution in [-0.2, 0) is 20.2 Å². The third kappa shape index (κ3) is 8.20. The van der Waals surface area contributed by atoms with Crippen molar-refractivity contribution < 1.29 is 27.5 Å². The van der Waals surface area contributed by atoms with Crippen LogP contribution < -0.4 is 19.5 Å². The maximum Gasteiger partial charge on any atom is 0.296 e. The monoisotopic (exact) mass is 583 g/mol. The number of amides is 1. The van der Waals surface area contributed by atoms with E-state index in [1.807, 2.05) is 32.9 Å². The van der Waals surface area contributed by atoms with Crippen LogP contribution in [0.15, 0.2) is 48.5 Å². The number of ether oxygens (including phenoxy) is 2. The summed E-state index contributed by atoms with van der Waals surface area (Å²) in [6, 6.07) is 14.0. The number of nitrogens with one attached hydrogen (secondary N) is 2. The molecule has 3 rings (SSSR count). The number of ketones is 1. The maximum atomic E-state index is 13.5. The number of hydrogen-bond acceptors (Lipinski definition) is 7. The van der Waals surface area contributed by atoms with Crippen LogP contribution in [0.2, 0.25) is 0 Å². The Labute approximate surface area is 243 Å². The van der Waals surface area contributed by atoms with Crippen LogP contribution in [0.5, 0.6) is 11.5 Å². The Morgan fingerprint density at radius 2 is 1.54 bits per heavy atom. The van der Waals surface area contributed by atoms with E-state index in [4.69, 9.17) is 9.47 Å². The van der Waals surface area contributed by atoms with Gasteiger partial charge in [-0.2, -0.15) is 0 Å². The molecule has 2 N–H and O–H groups in total. The first kappa shape index (κ1) is 31.9. The van der Waals surface area contributed by atoms with Crippen LogP contribution in [0.3, 0.4) is 0 Å². The van der Waals surface area contributed by atoms with Gasteiger partial charge in [-0.25, -0.2) is 8.42 Å². The fourth-order valence-electron chi connectivity index (χ4n) is 4.45. The second-order valence-corrected chi connectivity index (χ2v) is 12.5. The van der Waals surface area contributed by atoms with Crippen LogP contribution in [-0.4, -0.2) is 64.1 Å². The van der Waals surface area contributed by atoms with Gasteiger partial charge in [-0.05, 0) is 60.6 Å². The fraction of sp³-hybridized carbons (Fsp3) is 0.419. The quantitative estimate of drug-likeness (QED) is 0.203. The minimum atomic E-state index is -3.65. The molecule has 0 saturated carbocycles. The number of Topliss-reactive ketones (excluding diaryl/α,β-unsaturated/α-hetero) is 1. The highest BCUT2D eigenvalue weighted by molar-refractivity contribution is 7.92. The molecule has 41 heavy (non-hydrogen) atoms. The lowest BCUT2D eigenvalue weighted by Gasteiger charge is -2.24. The molecule has 1 amide bonds. The van der Waals surface area contributed by atoms with Crippen molar-refractivity contribution in [1.82, 2.24) is 4.90 Å². The van der Waals surface area contributed by atoms with Crippen molar-refractivity contribution in [1.29, 1.82) is 0 Å². The van der Waals surface area contributed by atoms with Gasteiger partial charge in [0.05, 0.1) is 24.2 Å². The number of sulfonamides is 1. The predicted octanol–water partition coefficient (Wildman–Crippen LogP) is 5.45. The Morgan fingerprint density at radius 1 is 0.902 bits per heavy atom. The molecule has 0 unspecified atom stereocenters. The van der Waals surface area contributed by atoms with Crippen molar-refractivity contribution in [3.8, 4) is 11.5 Å². The number of fused-ring (bicyclic) bond motifs is 1. The van der Waals surface area contributed by atoms with Gasteiger partial charge in [0.25, 0.3) is 11.7 Å². The van der Waals surface area contributed by atoms with Crippen LogP contribution in [0.4, 0.5) is 11.4 Å². The summed E-state index contributed by atoms with van der Waals surface area (Å²) in [4.78, 5) is 29.1. The van der Waals surface area contributed by atoms with E-state index in [-0.39, 0.29) is 34.7 Å². The van der Waals surface area contributed by atoms with Gasteiger partial charge in [-0.3, -0.25) is 14.3 Å². The highest BCUT2D eigenvalue weighted by atomic mass is 32.2. The van der Waals surface area contributed by atoms with Gasteiger partial charge in [0.1, 0.15) is 12.4 Å². The molecule has 0 aliphatic heterocycles. The first-order valence-electron chi connectivity index (χ1n) is 13.8. The number of carbonyl (C=O) groups is 2. The lowest BCUT2D eigenvalue weighted by atomic mass is 9.86. The summed E-state index contributed by atoms with van der Waals surface area (Å²) in [7, 11) is -3.65. The predicted molar refractivity (Wildman–Crippen MR) is 165 cm³/mol. The van der Waals surface area contributed by atoms with Crippen molar-refractivity contribution in [2.45, 2.75) is 47.0 Å². The molecule has 10 heteroatoms. The Kier molecular flexibility index (Phi) is 10.4. The van der Waals surface area contributed by atoms with E-state index in [1.165, 1.54) is 0 Å². The first-order valence-corrected chi connectivity index (χ1v) is 15.7. The minimum Gasteiger partial charge on any atom is -0.492 e. The molecule has 0 aliphatic carbocycles. The Balaban J connectivity index is 1.98. The van der Waals surface area contributed by atoms with E-state index in [2.05, 4.69) is 28.8 Å². The van der Waals surface area contributed by atoms with Gasteiger partial charge < -0.3 is 19.7 Å². The van der Waals surface area contributed by atoms with Crippen LogP contribution >= 0.6 is 0 Å².